The number of likely N-dealkylation sites (tertiary alicyclic amines) is 1. The van der Waals surface area contributed by atoms with Crippen molar-refractivity contribution >= 4 is 5.91 Å². The second-order valence-electron chi connectivity index (χ2n) is 8.31. The van der Waals surface area contributed by atoms with Crippen molar-refractivity contribution in [1.82, 2.24) is 20.0 Å². The van der Waals surface area contributed by atoms with Gasteiger partial charge in [-0.25, -0.2) is 0 Å². The molecule has 6 nitrogen and oxygen atoms in total. The predicted octanol–water partition coefficient (Wildman–Crippen LogP) is 1.17. The first-order valence-electron chi connectivity index (χ1n) is 10.9. The Bertz CT molecular complexity index is 604. The Balaban J connectivity index is 1.17. The number of piperidine rings is 1. The van der Waals surface area contributed by atoms with E-state index in [9.17, 15) is 4.79 Å². The molecule has 0 radical (unpaired) electrons. The van der Waals surface area contributed by atoms with E-state index in [1.807, 2.05) is 0 Å². The van der Waals surface area contributed by atoms with E-state index < -0.39 is 0 Å². The highest BCUT2D eigenvalue weighted by atomic mass is 16.5. The first kappa shape index (κ1) is 19.8. The number of hydrogen-bond donors (Lipinski definition) is 1. The van der Waals surface area contributed by atoms with Gasteiger partial charge in [0.1, 0.15) is 0 Å². The summed E-state index contributed by atoms with van der Waals surface area (Å²) in [5, 5.41) is 3.31. The molecule has 0 aromatic heterocycles. The lowest BCUT2D eigenvalue weighted by molar-refractivity contribution is -0.136. The van der Waals surface area contributed by atoms with Crippen molar-refractivity contribution in [2.24, 2.45) is 0 Å². The third kappa shape index (κ3) is 5.32. The topological polar surface area (TPSA) is 48.1 Å². The van der Waals surface area contributed by atoms with Crippen LogP contribution in [-0.4, -0.2) is 91.7 Å². The van der Waals surface area contributed by atoms with Gasteiger partial charge >= 0.3 is 0 Å². The molecule has 4 rings (SSSR count). The lowest BCUT2D eigenvalue weighted by Crippen LogP contribution is -2.53. The summed E-state index contributed by atoms with van der Waals surface area (Å²) in [6.45, 7) is 9.84. The molecule has 154 valence electrons. The van der Waals surface area contributed by atoms with Crippen LogP contribution in [0.15, 0.2) is 30.3 Å². The SMILES string of the molecule is O=C(C[C@H]1CNCCO1)N1CCC(N2CCN(Cc3ccccc3)CC2)CC1. The molecule has 3 fully saturated rings. The summed E-state index contributed by atoms with van der Waals surface area (Å²) < 4.78 is 5.69. The summed E-state index contributed by atoms with van der Waals surface area (Å²) in [7, 11) is 0. The van der Waals surface area contributed by atoms with E-state index in [4.69, 9.17) is 4.74 Å². The first-order chi connectivity index (χ1) is 13.8. The lowest BCUT2D eigenvalue weighted by atomic mass is 10.0. The van der Waals surface area contributed by atoms with E-state index in [-0.39, 0.29) is 12.0 Å². The number of carbonyl (C=O) groups is 1. The minimum atomic E-state index is 0.0525. The quantitative estimate of drug-likeness (QED) is 0.823. The number of rotatable bonds is 5. The van der Waals surface area contributed by atoms with E-state index in [2.05, 4.69) is 50.3 Å². The molecule has 3 aliphatic heterocycles. The van der Waals surface area contributed by atoms with Crippen LogP contribution in [-0.2, 0) is 16.1 Å². The fraction of sp³-hybridized carbons (Fsp3) is 0.682. The van der Waals surface area contributed by atoms with Crippen LogP contribution in [0.1, 0.15) is 24.8 Å². The van der Waals surface area contributed by atoms with Crippen LogP contribution in [0.4, 0.5) is 0 Å². The van der Waals surface area contributed by atoms with Crippen LogP contribution in [0.25, 0.3) is 0 Å². The minimum absolute atomic E-state index is 0.0525. The zero-order valence-electron chi connectivity index (χ0n) is 16.9. The van der Waals surface area contributed by atoms with Gasteiger partial charge in [-0.15, -0.1) is 0 Å². The Morgan fingerprint density at radius 1 is 1.04 bits per heavy atom. The van der Waals surface area contributed by atoms with E-state index in [1.165, 1.54) is 5.56 Å². The Kier molecular flexibility index (Phi) is 6.96. The summed E-state index contributed by atoms with van der Waals surface area (Å²) >= 11 is 0. The molecule has 0 aliphatic carbocycles. The summed E-state index contributed by atoms with van der Waals surface area (Å²) in [5.41, 5.74) is 1.40. The van der Waals surface area contributed by atoms with Gasteiger partial charge in [-0.3, -0.25) is 14.6 Å². The third-order valence-corrected chi connectivity index (χ3v) is 6.40. The second-order valence-corrected chi connectivity index (χ2v) is 8.31. The maximum Gasteiger partial charge on any atom is 0.225 e. The van der Waals surface area contributed by atoms with E-state index in [1.54, 1.807) is 0 Å². The van der Waals surface area contributed by atoms with Crippen molar-refractivity contribution in [3.8, 4) is 0 Å². The zero-order valence-corrected chi connectivity index (χ0v) is 16.9. The molecular formula is C22H34N4O2. The average Bonchev–Trinajstić information content (AvgIpc) is 2.76. The normalized spacial score (nSPS) is 25.7. The largest absolute Gasteiger partial charge is 0.375 e. The van der Waals surface area contributed by atoms with Crippen LogP contribution in [0.2, 0.25) is 0 Å². The van der Waals surface area contributed by atoms with Crippen molar-refractivity contribution < 1.29 is 9.53 Å². The number of amides is 1. The number of hydrogen-bond acceptors (Lipinski definition) is 5. The Hall–Kier alpha value is -1.47. The van der Waals surface area contributed by atoms with Gasteiger partial charge in [0, 0.05) is 64.9 Å². The van der Waals surface area contributed by atoms with Gasteiger partial charge in [0.25, 0.3) is 0 Å². The number of nitrogens with zero attached hydrogens (tertiary/aromatic N) is 3. The molecule has 1 aromatic carbocycles. The van der Waals surface area contributed by atoms with Crippen LogP contribution in [0.3, 0.4) is 0 Å². The third-order valence-electron chi connectivity index (χ3n) is 6.40. The summed E-state index contributed by atoms with van der Waals surface area (Å²) in [6.07, 6.45) is 2.79. The van der Waals surface area contributed by atoms with Gasteiger partial charge in [-0.2, -0.15) is 0 Å². The highest BCUT2D eigenvalue weighted by Crippen LogP contribution is 2.20. The number of morpholine rings is 1. The molecule has 3 aliphatic rings. The molecule has 0 bridgehead atoms. The highest BCUT2D eigenvalue weighted by Gasteiger charge is 2.30. The second kappa shape index (κ2) is 9.83. The van der Waals surface area contributed by atoms with E-state index in [0.717, 1.165) is 78.4 Å². The zero-order chi connectivity index (χ0) is 19.2. The molecule has 1 aromatic rings. The smallest absolute Gasteiger partial charge is 0.225 e. The average molecular weight is 387 g/mol. The number of carbonyl (C=O) groups excluding carboxylic acids is 1. The van der Waals surface area contributed by atoms with E-state index >= 15 is 0 Å². The molecule has 1 N–H and O–H groups in total. The molecule has 28 heavy (non-hydrogen) atoms. The van der Waals surface area contributed by atoms with E-state index in [0.29, 0.717) is 12.5 Å². The molecule has 0 unspecified atom stereocenters. The number of piperazine rings is 1. The molecular weight excluding hydrogens is 352 g/mol. The fourth-order valence-corrected chi connectivity index (χ4v) is 4.68. The molecule has 0 saturated carbocycles. The predicted molar refractivity (Wildman–Crippen MR) is 110 cm³/mol. The Morgan fingerprint density at radius 2 is 1.79 bits per heavy atom. The number of nitrogens with one attached hydrogen (secondary N) is 1. The Labute approximate surface area is 168 Å². The van der Waals surface area contributed by atoms with Crippen LogP contribution in [0, 0.1) is 0 Å². The van der Waals surface area contributed by atoms with Gasteiger partial charge in [-0.1, -0.05) is 30.3 Å². The van der Waals surface area contributed by atoms with Crippen molar-refractivity contribution in [2.75, 3.05) is 59.0 Å². The lowest BCUT2D eigenvalue weighted by Gasteiger charge is -2.43. The number of benzene rings is 1. The summed E-state index contributed by atoms with van der Waals surface area (Å²) in [5.74, 6) is 0.264. The monoisotopic (exact) mass is 386 g/mol. The highest BCUT2D eigenvalue weighted by molar-refractivity contribution is 5.76. The van der Waals surface area contributed by atoms with Gasteiger partial charge in [0.05, 0.1) is 19.1 Å². The molecule has 0 spiro atoms. The Morgan fingerprint density at radius 3 is 2.46 bits per heavy atom. The number of ether oxygens (including phenoxy) is 1. The molecule has 3 heterocycles. The van der Waals surface area contributed by atoms with Crippen LogP contribution < -0.4 is 5.32 Å². The fourth-order valence-electron chi connectivity index (χ4n) is 4.68. The molecule has 1 atom stereocenters. The summed E-state index contributed by atoms with van der Waals surface area (Å²) in [4.78, 5) is 19.8. The van der Waals surface area contributed by atoms with Gasteiger partial charge in [0.15, 0.2) is 0 Å². The van der Waals surface area contributed by atoms with Crippen molar-refractivity contribution in [2.45, 2.75) is 38.0 Å². The molecule has 6 heteroatoms. The minimum Gasteiger partial charge on any atom is -0.375 e. The molecule has 3 saturated heterocycles. The van der Waals surface area contributed by atoms with Gasteiger partial charge in [-0.05, 0) is 18.4 Å². The summed E-state index contributed by atoms with van der Waals surface area (Å²) in [6, 6.07) is 11.4. The van der Waals surface area contributed by atoms with Crippen LogP contribution >= 0.6 is 0 Å². The maximum absolute atomic E-state index is 12.6. The van der Waals surface area contributed by atoms with Crippen molar-refractivity contribution in [3.63, 3.8) is 0 Å². The maximum atomic E-state index is 12.6. The molecule has 1 amide bonds. The standard InChI is InChI=1S/C22H34N4O2/c27-22(16-21-17-23-8-15-28-21)26-9-6-20(7-10-26)25-13-11-24(12-14-25)18-19-4-2-1-3-5-19/h1-5,20-21,23H,6-18H2/t21-/m0/s1. The van der Waals surface area contributed by atoms with Crippen molar-refractivity contribution in [3.05, 3.63) is 35.9 Å². The van der Waals surface area contributed by atoms with Gasteiger partial charge in [0.2, 0.25) is 5.91 Å². The van der Waals surface area contributed by atoms with Crippen molar-refractivity contribution in [1.29, 1.82) is 0 Å². The van der Waals surface area contributed by atoms with Gasteiger partial charge < -0.3 is 15.0 Å². The van der Waals surface area contributed by atoms with Crippen LogP contribution in [0.5, 0.6) is 0 Å². The first-order valence-corrected chi connectivity index (χ1v) is 10.9.